The fraction of sp³-hybridized carbons (Fsp3) is 0.462. The van der Waals surface area contributed by atoms with Crippen LogP contribution < -0.4 is 5.46 Å². The summed E-state index contributed by atoms with van der Waals surface area (Å²) in [5.74, 6) is 4.49. The predicted octanol–water partition coefficient (Wildman–Crippen LogP) is 6.20. The van der Waals surface area contributed by atoms with Crippen molar-refractivity contribution >= 4 is 35.5 Å². The van der Waals surface area contributed by atoms with Crippen LogP contribution in [0.2, 0.25) is 0 Å². The zero-order valence-electron chi connectivity index (χ0n) is 17.7. The van der Waals surface area contributed by atoms with Crippen LogP contribution in [0.1, 0.15) is 57.4 Å². The third-order valence-electron chi connectivity index (χ3n) is 6.60. The minimum Gasteiger partial charge on any atom is -0.450 e. The normalized spacial score (nSPS) is 27.1. The molecule has 1 radical (unpaired) electrons. The molecule has 3 atom stereocenters. The van der Waals surface area contributed by atoms with Gasteiger partial charge in [0.1, 0.15) is 0 Å². The van der Waals surface area contributed by atoms with Crippen molar-refractivity contribution in [2.24, 2.45) is 17.8 Å². The Kier molecular flexibility index (Phi) is 6.87. The largest absolute Gasteiger partial charge is 0.450 e. The maximum atomic E-state index is 9.20. The summed E-state index contributed by atoms with van der Waals surface area (Å²) in [6, 6.07) is 12.8. The van der Waals surface area contributed by atoms with E-state index < -0.39 is 0 Å². The maximum absolute atomic E-state index is 9.20. The molecule has 0 heterocycles. The molecule has 0 saturated heterocycles. The Balaban J connectivity index is 1.30. The lowest BCUT2D eigenvalue weighted by Gasteiger charge is -2.31. The average Bonchev–Trinajstić information content (AvgIpc) is 2.73. The van der Waals surface area contributed by atoms with Crippen LogP contribution in [-0.2, 0) is 0 Å². The van der Waals surface area contributed by atoms with E-state index >= 15 is 0 Å². The van der Waals surface area contributed by atoms with Gasteiger partial charge in [0.15, 0.2) is 0 Å². The second-order valence-corrected chi connectivity index (χ2v) is 10.4. The van der Waals surface area contributed by atoms with Gasteiger partial charge >= 0.3 is 7.48 Å². The number of fused-ring (bicyclic) bond motifs is 1. The molecule has 1 fully saturated rings. The Morgan fingerprint density at radius 2 is 1.76 bits per heavy atom. The van der Waals surface area contributed by atoms with Gasteiger partial charge in [0.2, 0.25) is 0 Å². The van der Waals surface area contributed by atoms with Crippen molar-refractivity contribution in [1.29, 1.82) is 0 Å². The Bertz CT molecular complexity index is 893. The van der Waals surface area contributed by atoms with E-state index in [-0.39, 0.29) is 0 Å². The molecule has 0 amide bonds. The zero-order valence-corrected chi connectivity index (χ0v) is 18.5. The van der Waals surface area contributed by atoms with Crippen LogP contribution in [0.25, 0.3) is 10.8 Å². The summed E-state index contributed by atoms with van der Waals surface area (Å²) < 4.78 is 0. The molecule has 0 aliphatic heterocycles. The summed E-state index contributed by atoms with van der Waals surface area (Å²) in [5.41, 5.74) is 2.23. The summed E-state index contributed by atoms with van der Waals surface area (Å²) >= 11 is 2.04. The van der Waals surface area contributed by atoms with Gasteiger partial charge in [-0.3, -0.25) is 0 Å². The van der Waals surface area contributed by atoms with Crippen LogP contribution in [0.4, 0.5) is 0 Å². The van der Waals surface area contributed by atoms with Crippen molar-refractivity contribution < 1.29 is 5.02 Å². The molecule has 2 aromatic rings. The van der Waals surface area contributed by atoms with Crippen molar-refractivity contribution in [3.05, 3.63) is 65.1 Å². The minimum atomic E-state index is 0.466. The van der Waals surface area contributed by atoms with E-state index in [1.807, 2.05) is 23.9 Å². The van der Waals surface area contributed by atoms with Gasteiger partial charge in [-0.2, -0.15) is 0 Å². The lowest BCUT2D eigenvalue weighted by atomic mass is 9.76. The number of benzene rings is 2. The highest BCUT2D eigenvalue weighted by molar-refractivity contribution is 8.03. The third-order valence-corrected chi connectivity index (χ3v) is 7.68. The molecule has 29 heavy (non-hydrogen) atoms. The molecule has 3 heteroatoms. The van der Waals surface area contributed by atoms with Crippen LogP contribution in [0.15, 0.2) is 59.5 Å². The summed E-state index contributed by atoms with van der Waals surface area (Å²) in [4.78, 5) is 1.45. The van der Waals surface area contributed by atoms with E-state index in [1.165, 1.54) is 52.7 Å². The molecule has 2 aliphatic rings. The highest BCUT2D eigenvalue weighted by Crippen LogP contribution is 2.37. The Hall–Kier alpha value is -1.45. The van der Waals surface area contributed by atoms with E-state index in [4.69, 9.17) is 0 Å². The van der Waals surface area contributed by atoms with E-state index in [0.29, 0.717) is 5.92 Å². The first kappa shape index (κ1) is 20.8. The monoisotopic (exact) mass is 403 g/mol. The second-order valence-electron chi connectivity index (χ2n) is 9.22. The second kappa shape index (κ2) is 9.58. The van der Waals surface area contributed by atoms with Crippen molar-refractivity contribution in [2.75, 3.05) is 5.75 Å². The Labute approximate surface area is 181 Å². The summed E-state index contributed by atoms with van der Waals surface area (Å²) in [6.45, 7) is 4.86. The van der Waals surface area contributed by atoms with Gasteiger partial charge < -0.3 is 5.02 Å². The molecular formula is C26H32BOS. The quantitative estimate of drug-likeness (QED) is 0.580. The van der Waals surface area contributed by atoms with Crippen LogP contribution in [0, 0.1) is 17.8 Å². The van der Waals surface area contributed by atoms with Crippen molar-refractivity contribution in [3.8, 4) is 0 Å². The van der Waals surface area contributed by atoms with E-state index in [1.54, 1.807) is 0 Å². The van der Waals surface area contributed by atoms with Gasteiger partial charge in [-0.05, 0) is 71.9 Å². The third kappa shape index (κ3) is 5.38. The lowest BCUT2D eigenvalue weighted by molar-refractivity contribution is 0.216. The van der Waals surface area contributed by atoms with Gasteiger partial charge in [0.05, 0.1) is 0 Å². The first-order valence-corrected chi connectivity index (χ1v) is 12.1. The van der Waals surface area contributed by atoms with Crippen LogP contribution in [-0.4, -0.2) is 18.3 Å². The van der Waals surface area contributed by atoms with Crippen molar-refractivity contribution in [2.45, 2.75) is 51.9 Å². The molecule has 151 valence electrons. The van der Waals surface area contributed by atoms with E-state index in [2.05, 4.69) is 56.3 Å². The fourth-order valence-electron chi connectivity index (χ4n) is 5.24. The first-order valence-electron chi connectivity index (χ1n) is 11.1. The number of allylic oxidation sites excluding steroid dienone is 3. The number of thioether (sulfide) groups is 1. The number of hydrogen-bond acceptors (Lipinski definition) is 2. The average molecular weight is 403 g/mol. The topological polar surface area (TPSA) is 20.2 Å². The summed E-state index contributed by atoms with van der Waals surface area (Å²) in [5, 5.41) is 11.6. The van der Waals surface area contributed by atoms with Gasteiger partial charge in [-0.15, -0.1) is 11.8 Å². The minimum absolute atomic E-state index is 0.466. The molecule has 2 aromatic carbocycles. The highest BCUT2D eigenvalue weighted by atomic mass is 32.2. The fourth-order valence-corrected chi connectivity index (χ4v) is 6.32. The summed E-state index contributed by atoms with van der Waals surface area (Å²) in [7, 11) is 1.16. The number of hydrogen-bond donors (Lipinski definition) is 1. The molecule has 3 unspecified atom stereocenters. The van der Waals surface area contributed by atoms with E-state index in [9.17, 15) is 5.02 Å². The number of rotatable bonds is 6. The smallest absolute Gasteiger partial charge is 0.326 e. The molecule has 2 aliphatic carbocycles. The van der Waals surface area contributed by atoms with Crippen LogP contribution in [0.3, 0.4) is 0 Å². The van der Waals surface area contributed by atoms with Gasteiger partial charge in [0.25, 0.3) is 0 Å². The summed E-state index contributed by atoms with van der Waals surface area (Å²) in [6.07, 6.45) is 13.9. The Morgan fingerprint density at radius 3 is 2.48 bits per heavy atom. The molecule has 0 spiro atoms. The molecule has 0 aromatic heterocycles. The van der Waals surface area contributed by atoms with Gasteiger partial charge in [-0.25, -0.2) is 0 Å². The molecule has 1 saturated carbocycles. The van der Waals surface area contributed by atoms with Crippen molar-refractivity contribution in [1.82, 2.24) is 0 Å². The van der Waals surface area contributed by atoms with Crippen LogP contribution in [0.5, 0.6) is 0 Å². The highest BCUT2D eigenvalue weighted by Gasteiger charge is 2.23. The zero-order chi connectivity index (χ0) is 20.2. The Morgan fingerprint density at radius 1 is 1.00 bits per heavy atom. The van der Waals surface area contributed by atoms with E-state index in [0.717, 1.165) is 37.1 Å². The van der Waals surface area contributed by atoms with Crippen LogP contribution >= 0.6 is 11.8 Å². The molecule has 0 bridgehead atoms. The lowest BCUT2D eigenvalue weighted by Crippen LogP contribution is -2.19. The molecular weight excluding hydrogens is 371 g/mol. The predicted molar refractivity (Wildman–Crippen MR) is 129 cm³/mol. The molecule has 1 nitrogen and oxygen atoms in total. The first-order chi connectivity index (χ1) is 14.1. The SMILES string of the molecule is CC1CC(C)CC(CCSC2=CCC(c3ccc4cc([B]O)ccc4c3)C=C2)C1. The standard InChI is InChI=1S/C26H32BOS/c1-18-13-19(2)15-20(14-18)11-12-29-26-9-6-21(7-10-26)22-3-4-24-17-25(27-28)8-5-23(24)16-22/h3-6,8-10,16-21,28H,7,11-15H2,1-2H3. The van der Waals surface area contributed by atoms with Gasteiger partial charge in [0, 0.05) is 10.8 Å². The van der Waals surface area contributed by atoms with Gasteiger partial charge in [-0.1, -0.05) is 73.9 Å². The molecule has 4 rings (SSSR count). The molecule has 1 N–H and O–H groups in total. The van der Waals surface area contributed by atoms with Crippen molar-refractivity contribution in [3.63, 3.8) is 0 Å². The maximum Gasteiger partial charge on any atom is 0.326 e.